The van der Waals surface area contributed by atoms with E-state index in [2.05, 4.69) is 26.1 Å². The Kier molecular flexibility index (Phi) is 5.89. The largest absolute Gasteiger partial charge is 0.313 e. The van der Waals surface area contributed by atoms with Gasteiger partial charge in [0.05, 0.1) is 11.0 Å². The topological polar surface area (TPSA) is 55.2 Å². The molecule has 1 aromatic rings. The van der Waals surface area contributed by atoms with E-state index in [1.165, 1.54) is 12.1 Å². The van der Waals surface area contributed by atoms with E-state index in [-0.39, 0.29) is 11.7 Å². The highest BCUT2D eigenvalue weighted by atomic mass is 19.1. The average molecular weight is 268 g/mol. The van der Waals surface area contributed by atoms with E-state index >= 15 is 0 Å². The lowest BCUT2D eigenvalue weighted by Gasteiger charge is -2.22. The first-order chi connectivity index (χ1) is 8.95. The quantitative estimate of drug-likeness (QED) is 0.609. The first-order valence-electron chi connectivity index (χ1n) is 6.61. The molecule has 0 aliphatic rings. The number of hydrogen-bond acceptors (Lipinski definition) is 3. The molecule has 4 nitrogen and oxygen atoms in total. The molecule has 0 fully saturated rings. The summed E-state index contributed by atoms with van der Waals surface area (Å²) in [7, 11) is 0. The number of benzene rings is 1. The molecule has 5 heteroatoms. The van der Waals surface area contributed by atoms with Gasteiger partial charge in [-0.05, 0) is 36.9 Å². The summed E-state index contributed by atoms with van der Waals surface area (Å²) in [5.74, 6) is -0.126. The smallest absolute Gasteiger partial charge is 0.272 e. The van der Waals surface area contributed by atoms with E-state index in [1.54, 1.807) is 0 Å². The van der Waals surface area contributed by atoms with Crippen LogP contribution in [-0.4, -0.2) is 17.5 Å². The minimum Gasteiger partial charge on any atom is -0.313 e. The molecule has 106 valence electrons. The molecule has 0 saturated carbocycles. The first-order valence-corrected chi connectivity index (χ1v) is 6.61. The van der Waals surface area contributed by atoms with Crippen molar-refractivity contribution in [2.45, 2.75) is 39.7 Å². The predicted octanol–water partition coefficient (Wildman–Crippen LogP) is 3.30. The molecular weight excluding hydrogens is 247 g/mol. The molecule has 1 atom stereocenters. The van der Waals surface area contributed by atoms with Gasteiger partial charge in [0.15, 0.2) is 0 Å². The molecule has 1 aromatic carbocycles. The predicted molar refractivity (Wildman–Crippen MR) is 73.7 cm³/mol. The third kappa shape index (κ3) is 4.59. The van der Waals surface area contributed by atoms with Gasteiger partial charge in [-0.2, -0.15) is 0 Å². The summed E-state index contributed by atoms with van der Waals surface area (Å²) in [5.41, 5.74) is 0.316. The summed E-state index contributed by atoms with van der Waals surface area (Å²) in [6.45, 7) is 7.13. The van der Waals surface area contributed by atoms with E-state index in [0.29, 0.717) is 17.9 Å². The van der Waals surface area contributed by atoms with Gasteiger partial charge in [-0.1, -0.05) is 20.8 Å². The van der Waals surface area contributed by atoms with Gasteiger partial charge in [0, 0.05) is 12.1 Å². The monoisotopic (exact) mass is 268 g/mol. The molecule has 1 rings (SSSR count). The molecule has 0 heterocycles. The SMILES string of the molecule is CCCNC(Cc1ccc([N+](=O)[O-])cc1F)C(C)C. The van der Waals surface area contributed by atoms with Gasteiger partial charge in [0.1, 0.15) is 5.82 Å². The van der Waals surface area contributed by atoms with Crippen LogP contribution in [0.25, 0.3) is 0 Å². The van der Waals surface area contributed by atoms with Crippen LogP contribution in [-0.2, 0) is 6.42 Å². The van der Waals surface area contributed by atoms with E-state index in [4.69, 9.17) is 0 Å². The Labute approximate surface area is 113 Å². The number of nitrogens with zero attached hydrogens (tertiary/aromatic N) is 1. The summed E-state index contributed by atoms with van der Waals surface area (Å²) in [4.78, 5) is 9.98. The van der Waals surface area contributed by atoms with Crippen molar-refractivity contribution in [3.63, 3.8) is 0 Å². The van der Waals surface area contributed by atoms with Crippen molar-refractivity contribution < 1.29 is 9.31 Å². The normalized spacial score (nSPS) is 12.7. The maximum absolute atomic E-state index is 13.8. The molecule has 0 saturated heterocycles. The Balaban J connectivity index is 2.81. The molecule has 0 bridgehead atoms. The second kappa shape index (κ2) is 7.19. The summed E-state index contributed by atoms with van der Waals surface area (Å²) < 4.78 is 13.8. The minimum absolute atomic E-state index is 0.177. The lowest BCUT2D eigenvalue weighted by molar-refractivity contribution is -0.385. The van der Waals surface area contributed by atoms with Gasteiger partial charge in [-0.25, -0.2) is 4.39 Å². The lowest BCUT2D eigenvalue weighted by Crippen LogP contribution is -2.36. The van der Waals surface area contributed by atoms with Crippen molar-refractivity contribution in [3.05, 3.63) is 39.7 Å². The zero-order chi connectivity index (χ0) is 14.4. The fourth-order valence-corrected chi connectivity index (χ4v) is 1.93. The lowest BCUT2D eigenvalue weighted by atomic mass is 9.96. The fourth-order valence-electron chi connectivity index (χ4n) is 1.93. The van der Waals surface area contributed by atoms with E-state index in [0.717, 1.165) is 19.0 Å². The number of non-ortho nitro benzene ring substituents is 1. The van der Waals surface area contributed by atoms with Gasteiger partial charge in [-0.3, -0.25) is 10.1 Å². The molecule has 0 radical (unpaired) electrons. The highest BCUT2D eigenvalue weighted by Crippen LogP contribution is 2.19. The Hall–Kier alpha value is -1.49. The fraction of sp³-hybridized carbons (Fsp3) is 0.571. The van der Waals surface area contributed by atoms with E-state index < -0.39 is 10.7 Å². The molecule has 0 aliphatic heterocycles. The van der Waals surface area contributed by atoms with Crippen LogP contribution in [0, 0.1) is 21.8 Å². The Bertz CT molecular complexity index is 435. The van der Waals surface area contributed by atoms with E-state index in [9.17, 15) is 14.5 Å². The molecule has 0 aliphatic carbocycles. The molecule has 1 unspecified atom stereocenters. The third-order valence-electron chi connectivity index (χ3n) is 3.15. The number of rotatable bonds is 7. The Morgan fingerprint density at radius 2 is 2.11 bits per heavy atom. The van der Waals surface area contributed by atoms with Crippen molar-refractivity contribution in [1.29, 1.82) is 0 Å². The van der Waals surface area contributed by atoms with Crippen LogP contribution < -0.4 is 5.32 Å². The van der Waals surface area contributed by atoms with Crippen molar-refractivity contribution in [1.82, 2.24) is 5.32 Å². The maximum Gasteiger partial charge on any atom is 0.272 e. The summed E-state index contributed by atoms with van der Waals surface area (Å²) in [6, 6.07) is 4.04. The minimum atomic E-state index is -0.581. The zero-order valence-electron chi connectivity index (χ0n) is 11.6. The van der Waals surface area contributed by atoms with Crippen LogP contribution in [0.4, 0.5) is 10.1 Å². The number of nitro benzene ring substituents is 1. The van der Waals surface area contributed by atoms with Crippen LogP contribution in [0.1, 0.15) is 32.8 Å². The average Bonchev–Trinajstić information content (AvgIpc) is 2.35. The van der Waals surface area contributed by atoms with Crippen LogP contribution in [0.15, 0.2) is 18.2 Å². The van der Waals surface area contributed by atoms with Gasteiger partial charge in [0.2, 0.25) is 0 Å². The highest BCUT2D eigenvalue weighted by Gasteiger charge is 2.17. The van der Waals surface area contributed by atoms with Gasteiger partial charge in [0.25, 0.3) is 5.69 Å². The number of nitrogens with one attached hydrogen (secondary N) is 1. The first kappa shape index (κ1) is 15.6. The molecule has 0 amide bonds. The van der Waals surface area contributed by atoms with Crippen molar-refractivity contribution in [2.75, 3.05) is 6.54 Å². The summed E-state index contributed by atoms with van der Waals surface area (Å²) in [6.07, 6.45) is 1.56. The molecule has 0 aromatic heterocycles. The summed E-state index contributed by atoms with van der Waals surface area (Å²) in [5, 5.41) is 13.9. The van der Waals surface area contributed by atoms with Gasteiger partial charge >= 0.3 is 0 Å². The van der Waals surface area contributed by atoms with Gasteiger partial charge < -0.3 is 5.32 Å². The van der Waals surface area contributed by atoms with Crippen molar-refractivity contribution in [2.24, 2.45) is 5.92 Å². The van der Waals surface area contributed by atoms with Gasteiger partial charge in [-0.15, -0.1) is 0 Å². The molecular formula is C14H21FN2O2. The molecule has 1 N–H and O–H groups in total. The Morgan fingerprint density at radius 3 is 2.58 bits per heavy atom. The number of nitro groups is 1. The maximum atomic E-state index is 13.8. The van der Waals surface area contributed by atoms with Crippen molar-refractivity contribution >= 4 is 5.69 Å². The highest BCUT2D eigenvalue weighted by molar-refractivity contribution is 5.34. The summed E-state index contributed by atoms with van der Waals surface area (Å²) >= 11 is 0. The molecule has 0 spiro atoms. The van der Waals surface area contributed by atoms with Crippen LogP contribution in [0.5, 0.6) is 0 Å². The third-order valence-corrected chi connectivity index (χ3v) is 3.15. The van der Waals surface area contributed by atoms with Crippen LogP contribution in [0.3, 0.4) is 0 Å². The number of hydrogen-bond donors (Lipinski definition) is 1. The van der Waals surface area contributed by atoms with Crippen LogP contribution in [0.2, 0.25) is 0 Å². The molecule has 19 heavy (non-hydrogen) atoms. The van der Waals surface area contributed by atoms with Crippen LogP contribution >= 0.6 is 0 Å². The second-order valence-electron chi connectivity index (χ2n) is 5.04. The number of halogens is 1. The zero-order valence-corrected chi connectivity index (χ0v) is 11.6. The van der Waals surface area contributed by atoms with E-state index in [1.807, 2.05) is 0 Å². The standard InChI is InChI=1S/C14H21FN2O2/c1-4-7-16-14(10(2)3)8-11-5-6-12(17(18)19)9-13(11)15/h5-6,9-10,14,16H,4,7-8H2,1-3H3. The van der Waals surface area contributed by atoms with Crippen molar-refractivity contribution in [3.8, 4) is 0 Å². The Morgan fingerprint density at radius 1 is 1.42 bits per heavy atom. The second-order valence-corrected chi connectivity index (χ2v) is 5.04.